The molecule has 2 amide bonds. The predicted molar refractivity (Wildman–Crippen MR) is 98.0 cm³/mol. The van der Waals surface area contributed by atoms with Gasteiger partial charge in [-0.05, 0) is 59.8 Å². The fourth-order valence-corrected chi connectivity index (χ4v) is 2.80. The number of carbonyl (C=O) groups is 3. The lowest BCUT2D eigenvalue weighted by molar-refractivity contribution is -0.134. The highest BCUT2D eigenvalue weighted by Gasteiger charge is 2.24. The Bertz CT molecular complexity index is 872. The summed E-state index contributed by atoms with van der Waals surface area (Å²) in [5.74, 6) is 1.00. The number of imide groups is 1. The zero-order chi connectivity index (χ0) is 18.5. The third-order valence-corrected chi connectivity index (χ3v) is 4.21. The molecule has 0 atom stereocenters. The standard InChI is InChI=1S/C19H15NO5S/c1-2-17(21)25-15-9-7-14(8-10-15)24-13-5-3-12(4-6-13)11-16-18(22)20-19(23)26-16/h3-11H,2H2,1H3,(H,20,22,23). The van der Waals surface area contributed by atoms with Crippen LogP contribution in [0.15, 0.2) is 53.4 Å². The van der Waals surface area contributed by atoms with E-state index in [2.05, 4.69) is 5.32 Å². The second-order valence-corrected chi connectivity index (χ2v) is 6.34. The van der Waals surface area contributed by atoms with Crippen molar-refractivity contribution < 1.29 is 23.9 Å². The summed E-state index contributed by atoms with van der Waals surface area (Å²) in [6, 6.07) is 13.8. The maximum absolute atomic E-state index is 11.5. The molecule has 1 saturated heterocycles. The summed E-state index contributed by atoms with van der Waals surface area (Å²) in [5, 5.41) is 1.85. The van der Waals surface area contributed by atoms with Gasteiger partial charge in [-0.15, -0.1) is 0 Å². The summed E-state index contributed by atoms with van der Waals surface area (Å²) < 4.78 is 10.8. The fraction of sp³-hybridized carbons (Fsp3) is 0.105. The van der Waals surface area contributed by atoms with Crippen molar-refractivity contribution in [3.8, 4) is 17.2 Å². The molecule has 0 aliphatic carbocycles. The second kappa shape index (κ2) is 7.88. The zero-order valence-electron chi connectivity index (χ0n) is 13.9. The monoisotopic (exact) mass is 369 g/mol. The maximum atomic E-state index is 11.5. The molecule has 1 heterocycles. The van der Waals surface area contributed by atoms with Crippen molar-refractivity contribution in [2.24, 2.45) is 0 Å². The fourth-order valence-electron chi connectivity index (χ4n) is 2.12. The third-order valence-electron chi connectivity index (χ3n) is 3.40. The molecule has 132 valence electrons. The van der Waals surface area contributed by atoms with Gasteiger partial charge in [0.25, 0.3) is 11.1 Å². The normalized spacial score (nSPS) is 15.0. The van der Waals surface area contributed by atoms with Crippen molar-refractivity contribution in [3.63, 3.8) is 0 Å². The Hall–Kier alpha value is -3.06. The molecule has 3 rings (SSSR count). The Morgan fingerprint density at radius 2 is 1.58 bits per heavy atom. The Kier molecular flexibility index (Phi) is 5.38. The molecule has 1 aliphatic heterocycles. The van der Waals surface area contributed by atoms with E-state index in [0.29, 0.717) is 28.6 Å². The maximum Gasteiger partial charge on any atom is 0.310 e. The molecule has 0 bridgehead atoms. The summed E-state index contributed by atoms with van der Waals surface area (Å²) in [4.78, 5) is 34.3. The Labute approximate surface area is 154 Å². The van der Waals surface area contributed by atoms with Crippen LogP contribution in [0.2, 0.25) is 0 Å². The van der Waals surface area contributed by atoms with E-state index in [1.54, 1.807) is 61.5 Å². The first-order valence-electron chi connectivity index (χ1n) is 7.87. The molecule has 2 aromatic carbocycles. The minimum atomic E-state index is -0.385. The van der Waals surface area contributed by atoms with E-state index in [1.807, 2.05) is 0 Å². The SMILES string of the molecule is CCC(=O)Oc1ccc(Oc2ccc(C=C3SC(=O)NC3=O)cc2)cc1. The van der Waals surface area contributed by atoms with Crippen LogP contribution >= 0.6 is 11.8 Å². The minimum absolute atomic E-state index is 0.292. The molecule has 0 aromatic heterocycles. The molecule has 0 spiro atoms. The second-order valence-electron chi connectivity index (χ2n) is 5.32. The van der Waals surface area contributed by atoms with E-state index in [9.17, 15) is 14.4 Å². The van der Waals surface area contributed by atoms with Crippen LogP contribution in [0.3, 0.4) is 0 Å². The van der Waals surface area contributed by atoms with Gasteiger partial charge in [0.1, 0.15) is 17.2 Å². The van der Waals surface area contributed by atoms with Crippen molar-refractivity contribution in [2.75, 3.05) is 0 Å². The van der Waals surface area contributed by atoms with Crippen molar-refractivity contribution in [1.29, 1.82) is 0 Å². The summed E-state index contributed by atoms with van der Waals surface area (Å²) in [6.07, 6.45) is 1.96. The lowest BCUT2D eigenvalue weighted by Gasteiger charge is -2.07. The van der Waals surface area contributed by atoms with Gasteiger partial charge in [-0.25, -0.2) is 0 Å². The molecular weight excluding hydrogens is 354 g/mol. The Balaban J connectivity index is 1.64. The van der Waals surface area contributed by atoms with Crippen LogP contribution in [0.25, 0.3) is 6.08 Å². The molecule has 7 heteroatoms. The third kappa shape index (κ3) is 4.52. The lowest BCUT2D eigenvalue weighted by Crippen LogP contribution is -2.17. The topological polar surface area (TPSA) is 81.7 Å². The molecule has 2 aromatic rings. The molecule has 26 heavy (non-hydrogen) atoms. The van der Waals surface area contributed by atoms with Crippen LogP contribution in [0, 0.1) is 0 Å². The minimum Gasteiger partial charge on any atom is -0.457 e. The van der Waals surface area contributed by atoms with Gasteiger partial charge < -0.3 is 9.47 Å². The van der Waals surface area contributed by atoms with Crippen molar-refractivity contribution in [2.45, 2.75) is 13.3 Å². The number of ether oxygens (including phenoxy) is 2. The number of esters is 1. The molecule has 0 radical (unpaired) electrons. The van der Waals surface area contributed by atoms with Crippen LogP contribution in [-0.4, -0.2) is 17.1 Å². The average molecular weight is 369 g/mol. The van der Waals surface area contributed by atoms with Gasteiger partial charge in [0, 0.05) is 6.42 Å². The van der Waals surface area contributed by atoms with E-state index in [-0.39, 0.29) is 17.1 Å². The van der Waals surface area contributed by atoms with Crippen molar-refractivity contribution in [1.82, 2.24) is 5.32 Å². The highest BCUT2D eigenvalue weighted by atomic mass is 32.2. The number of nitrogens with one attached hydrogen (secondary N) is 1. The van der Waals surface area contributed by atoms with E-state index in [4.69, 9.17) is 9.47 Å². The Morgan fingerprint density at radius 1 is 1.00 bits per heavy atom. The van der Waals surface area contributed by atoms with Gasteiger partial charge in [-0.1, -0.05) is 19.1 Å². The number of hydrogen-bond acceptors (Lipinski definition) is 6. The smallest absolute Gasteiger partial charge is 0.310 e. The number of amides is 2. The first kappa shape index (κ1) is 17.8. The average Bonchev–Trinajstić information content (AvgIpc) is 2.95. The van der Waals surface area contributed by atoms with E-state index in [1.165, 1.54) is 0 Å². The van der Waals surface area contributed by atoms with Crippen LogP contribution in [0.4, 0.5) is 4.79 Å². The summed E-state index contributed by atoms with van der Waals surface area (Å²) in [6.45, 7) is 1.73. The number of thioether (sulfide) groups is 1. The van der Waals surface area contributed by atoms with Crippen LogP contribution < -0.4 is 14.8 Å². The lowest BCUT2D eigenvalue weighted by atomic mass is 10.2. The van der Waals surface area contributed by atoms with Gasteiger partial charge >= 0.3 is 5.97 Å². The number of hydrogen-bond donors (Lipinski definition) is 1. The van der Waals surface area contributed by atoms with Gasteiger partial charge in [0.15, 0.2) is 0 Å². The summed E-state index contributed by atoms with van der Waals surface area (Å²) in [7, 11) is 0. The zero-order valence-corrected chi connectivity index (χ0v) is 14.7. The van der Waals surface area contributed by atoms with E-state index >= 15 is 0 Å². The molecular formula is C19H15NO5S. The molecule has 0 saturated carbocycles. The molecule has 1 N–H and O–H groups in total. The van der Waals surface area contributed by atoms with Crippen LogP contribution in [-0.2, 0) is 9.59 Å². The molecule has 6 nitrogen and oxygen atoms in total. The van der Waals surface area contributed by atoms with E-state index < -0.39 is 0 Å². The number of rotatable bonds is 5. The van der Waals surface area contributed by atoms with Crippen molar-refractivity contribution in [3.05, 3.63) is 59.0 Å². The molecule has 0 unspecified atom stereocenters. The van der Waals surface area contributed by atoms with Crippen LogP contribution in [0.1, 0.15) is 18.9 Å². The van der Waals surface area contributed by atoms with Gasteiger partial charge in [0.2, 0.25) is 0 Å². The predicted octanol–water partition coefficient (Wildman–Crippen LogP) is 4.12. The Morgan fingerprint density at radius 3 is 2.12 bits per heavy atom. The first-order chi connectivity index (χ1) is 12.5. The summed E-state index contributed by atoms with van der Waals surface area (Å²) >= 11 is 0.877. The number of carbonyl (C=O) groups excluding carboxylic acids is 3. The van der Waals surface area contributed by atoms with Gasteiger partial charge in [-0.2, -0.15) is 0 Å². The first-order valence-corrected chi connectivity index (χ1v) is 8.68. The van der Waals surface area contributed by atoms with Crippen molar-refractivity contribution >= 4 is 35.0 Å². The highest BCUT2D eigenvalue weighted by Crippen LogP contribution is 2.27. The molecule has 1 fully saturated rings. The van der Waals surface area contributed by atoms with Gasteiger partial charge in [-0.3, -0.25) is 19.7 Å². The van der Waals surface area contributed by atoms with E-state index in [0.717, 1.165) is 17.3 Å². The van der Waals surface area contributed by atoms with Crippen LogP contribution in [0.5, 0.6) is 17.2 Å². The summed E-state index contributed by atoms with van der Waals surface area (Å²) in [5.41, 5.74) is 0.784. The quantitative estimate of drug-likeness (QED) is 0.485. The highest BCUT2D eigenvalue weighted by molar-refractivity contribution is 8.18. The largest absolute Gasteiger partial charge is 0.457 e. The molecule has 1 aliphatic rings. The van der Waals surface area contributed by atoms with Gasteiger partial charge in [0.05, 0.1) is 4.91 Å². The number of benzene rings is 2.